The van der Waals surface area contributed by atoms with Crippen molar-refractivity contribution in [2.24, 2.45) is 0 Å². The lowest BCUT2D eigenvalue weighted by Gasteiger charge is -2.10. The second-order valence-corrected chi connectivity index (χ2v) is 7.82. The van der Waals surface area contributed by atoms with Crippen LogP contribution in [0.25, 0.3) is 0 Å². The third kappa shape index (κ3) is 5.70. The maximum atomic E-state index is 12.5. The summed E-state index contributed by atoms with van der Waals surface area (Å²) in [7, 11) is 0. The van der Waals surface area contributed by atoms with E-state index in [2.05, 4.69) is 21.2 Å². The van der Waals surface area contributed by atoms with Gasteiger partial charge in [0.1, 0.15) is 11.5 Å². The number of halogens is 1. The van der Waals surface area contributed by atoms with Gasteiger partial charge in [-0.2, -0.15) is 0 Å². The summed E-state index contributed by atoms with van der Waals surface area (Å²) >= 11 is 3.42. The standard InChI is InChI=1S/C24H22BrNO4/c1-15-4-11-22(17(3)12-15)26-24(28)18-5-7-19(8-6-18)30-23(27)14-29-20-9-10-21(25)16(2)13-20/h4-13H,14H2,1-3H3,(H,26,28). The van der Waals surface area contributed by atoms with Crippen LogP contribution >= 0.6 is 15.9 Å². The van der Waals surface area contributed by atoms with Gasteiger partial charge in [0, 0.05) is 15.7 Å². The number of esters is 1. The fourth-order valence-electron chi connectivity index (χ4n) is 2.83. The molecule has 0 heterocycles. The van der Waals surface area contributed by atoms with Crippen molar-refractivity contribution in [2.45, 2.75) is 20.8 Å². The average molecular weight is 468 g/mol. The van der Waals surface area contributed by atoms with E-state index >= 15 is 0 Å². The normalized spacial score (nSPS) is 10.4. The molecule has 3 aromatic rings. The zero-order chi connectivity index (χ0) is 21.7. The van der Waals surface area contributed by atoms with Gasteiger partial charge in [0.15, 0.2) is 6.61 Å². The van der Waals surface area contributed by atoms with Gasteiger partial charge in [-0.25, -0.2) is 4.79 Å². The molecule has 3 aromatic carbocycles. The fraction of sp³-hybridized carbons (Fsp3) is 0.167. The van der Waals surface area contributed by atoms with Gasteiger partial charge in [-0.15, -0.1) is 0 Å². The van der Waals surface area contributed by atoms with Crippen molar-refractivity contribution in [3.8, 4) is 11.5 Å². The summed E-state index contributed by atoms with van der Waals surface area (Å²) in [6.07, 6.45) is 0. The maximum Gasteiger partial charge on any atom is 0.349 e. The van der Waals surface area contributed by atoms with Crippen molar-refractivity contribution in [3.05, 3.63) is 87.4 Å². The number of rotatable bonds is 6. The van der Waals surface area contributed by atoms with Crippen molar-refractivity contribution < 1.29 is 19.1 Å². The smallest absolute Gasteiger partial charge is 0.349 e. The molecule has 1 N–H and O–H groups in total. The molecule has 6 heteroatoms. The number of benzene rings is 3. The molecule has 0 saturated carbocycles. The first kappa shape index (κ1) is 21.6. The minimum absolute atomic E-state index is 0.212. The minimum Gasteiger partial charge on any atom is -0.482 e. The molecule has 0 aliphatic rings. The number of anilines is 1. The Morgan fingerprint density at radius 3 is 2.23 bits per heavy atom. The van der Waals surface area contributed by atoms with Crippen LogP contribution in [-0.4, -0.2) is 18.5 Å². The van der Waals surface area contributed by atoms with Gasteiger partial charge in [-0.1, -0.05) is 33.6 Å². The highest BCUT2D eigenvalue weighted by atomic mass is 79.9. The Bertz CT molecular complexity index is 1080. The Morgan fingerprint density at radius 1 is 0.867 bits per heavy atom. The Balaban J connectivity index is 1.55. The van der Waals surface area contributed by atoms with Crippen molar-refractivity contribution in [1.29, 1.82) is 0 Å². The third-order valence-electron chi connectivity index (χ3n) is 4.46. The zero-order valence-electron chi connectivity index (χ0n) is 17.0. The molecule has 0 aliphatic carbocycles. The van der Waals surface area contributed by atoms with Crippen molar-refractivity contribution in [2.75, 3.05) is 11.9 Å². The lowest BCUT2D eigenvalue weighted by molar-refractivity contribution is -0.136. The van der Waals surface area contributed by atoms with E-state index in [9.17, 15) is 9.59 Å². The SMILES string of the molecule is Cc1ccc(NC(=O)c2ccc(OC(=O)COc3ccc(Br)c(C)c3)cc2)c(C)c1. The molecule has 3 rings (SSSR count). The number of nitrogens with one attached hydrogen (secondary N) is 1. The summed E-state index contributed by atoms with van der Waals surface area (Å²) in [4.78, 5) is 24.5. The van der Waals surface area contributed by atoms with E-state index in [0.29, 0.717) is 17.1 Å². The Labute approximate surface area is 184 Å². The number of amides is 1. The number of hydrogen-bond acceptors (Lipinski definition) is 4. The lowest BCUT2D eigenvalue weighted by Crippen LogP contribution is -2.18. The highest BCUT2D eigenvalue weighted by Crippen LogP contribution is 2.22. The van der Waals surface area contributed by atoms with E-state index in [1.807, 2.05) is 51.1 Å². The van der Waals surface area contributed by atoms with Crippen LogP contribution in [0.4, 0.5) is 5.69 Å². The predicted octanol–water partition coefficient (Wildman–Crippen LogP) is 5.61. The van der Waals surface area contributed by atoms with Crippen LogP contribution in [0.2, 0.25) is 0 Å². The van der Waals surface area contributed by atoms with Gasteiger partial charge in [0.05, 0.1) is 0 Å². The van der Waals surface area contributed by atoms with Crippen LogP contribution in [-0.2, 0) is 4.79 Å². The molecule has 0 fully saturated rings. The molecule has 0 spiro atoms. The van der Waals surface area contributed by atoms with Crippen LogP contribution < -0.4 is 14.8 Å². The molecule has 0 atom stereocenters. The second-order valence-electron chi connectivity index (χ2n) is 6.97. The average Bonchev–Trinajstić information content (AvgIpc) is 2.71. The van der Waals surface area contributed by atoms with Crippen molar-refractivity contribution in [1.82, 2.24) is 0 Å². The summed E-state index contributed by atoms with van der Waals surface area (Å²) in [5, 5.41) is 2.89. The maximum absolute atomic E-state index is 12.5. The highest BCUT2D eigenvalue weighted by Gasteiger charge is 2.10. The third-order valence-corrected chi connectivity index (χ3v) is 5.35. The summed E-state index contributed by atoms with van der Waals surface area (Å²) in [5.74, 6) is 0.182. The molecular weight excluding hydrogens is 446 g/mol. The van der Waals surface area contributed by atoms with Crippen LogP contribution in [0.5, 0.6) is 11.5 Å². The van der Waals surface area contributed by atoms with Crippen LogP contribution in [0, 0.1) is 20.8 Å². The van der Waals surface area contributed by atoms with Gasteiger partial charge < -0.3 is 14.8 Å². The number of ether oxygens (including phenoxy) is 2. The van der Waals surface area contributed by atoms with Gasteiger partial charge in [-0.05, 0) is 80.4 Å². The van der Waals surface area contributed by atoms with Crippen molar-refractivity contribution in [3.63, 3.8) is 0 Å². The van der Waals surface area contributed by atoms with E-state index in [1.54, 1.807) is 30.3 Å². The van der Waals surface area contributed by atoms with Gasteiger partial charge in [-0.3, -0.25) is 4.79 Å². The fourth-order valence-corrected chi connectivity index (χ4v) is 3.08. The topological polar surface area (TPSA) is 64.6 Å². The quantitative estimate of drug-likeness (QED) is 0.377. The molecule has 154 valence electrons. The predicted molar refractivity (Wildman–Crippen MR) is 120 cm³/mol. The summed E-state index contributed by atoms with van der Waals surface area (Å²) in [6, 6.07) is 17.7. The Kier molecular flexibility index (Phi) is 6.90. The second kappa shape index (κ2) is 9.59. The number of hydrogen-bond donors (Lipinski definition) is 1. The molecule has 5 nitrogen and oxygen atoms in total. The Morgan fingerprint density at radius 2 is 1.57 bits per heavy atom. The van der Waals surface area contributed by atoms with Crippen molar-refractivity contribution >= 4 is 33.5 Å². The first-order valence-corrected chi connectivity index (χ1v) is 10.2. The van der Waals surface area contributed by atoms with Crippen LogP contribution in [0.3, 0.4) is 0 Å². The van der Waals surface area contributed by atoms with E-state index in [1.165, 1.54) is 0 Å². The molecule has 0 saturated heterocycles. The molecule has 0 bridgehead atoms. The molecule has 0 aromatic heterocycles. The molecule has 30 heavy (non-hydrogen) atoms. The largest absolute Gasteiger partial charge is 0.482 e. The Hall–Kier alpha value is -3.12. The van der Waals surface area contributed by atoms with E-state index in [-0.39, 0.29) is 12.5 Å². The summed E-state index contributed by atoms with van der Waals surface area (Å²) in [6.45, 7) is 5.68. The molecule has 0 aliphatic heterocycles. The first-order valence-electron chi connectivity index (χ1n) is 9.40. The van der Waals surface area contributed by atoms with Gasteiger partial charge >= 0.3 is 5.97 Å². The van der Waals surface area contributed by atoms with E-state index < -0.39 is 5.97 Å². The molecular formula is C24H22BrNO4. The minimum atomic E-state index is -0.525. The summed E-state index contributed by atoms with van der Waals surface area (Å²) < 4.78 is 11.7. The lowest BCUT2D eigenvalue weighted by atomic mass is 10.1. The first-order chi connectivity index (χ1) is 14.3. The molecule has 0 unspecified atom stereocenters. The van der Waals surface area contributed by atoms with Gasteiger partial charge in [0.25, 0.3) is 5.91 Å². The zero-order valence-corrected chi connectivity index (χ0v) is 18.6. The molecule has 1 amide bonds. The summed E-state index contributed by atoms with van der Waals surface area (Å²) in [5.41, 5.74) is 4.37. The van der Waals surface area contributed by atoms with Gasteiger partial charge in [0.2, 0.25) is 0 Å². The number of aryl methyl sites for hydroxylation is 3. The van der Waals surface area contributed by atoms with E-state index in [4.69, 9.17) is 9.47 Å². The number of carbonyl (C=O) groups is 2. The monoisotopic (exact) mass is 467 g/mol. The van der Waals surface area contributed by atoms with Crippen LogP contribution in [0.1, 0.15) is 27.0 Å². The van der Waals surface area contributed by atoms with Crippen LogP contribution in [0.15, 0.2) is 65.1 Å². The van der Waals surface area contributed by atoms with E-state index in [0.717, 1.165) is 26.9 Å². The number of carbonyl (C=O) groups excluding carboxylic acids is 2. The highest BCUT2D eigenvalue weighted by molar-refractivity contribution is 9.10. The molecule has 0 radical (unpaired) electrons.